The first kappa shape index (κ1) is 20.8. The summed E-state index contributed by atoms with van der Waals surface area (Å²) < 4.78 is 4.77. The summed E-state index contributed by atoms with van der Waals surface area (Å²) in [6.07, 6.45) is 0. The van der Waals surface area contributed by atoms with E-state index in [1.165, 1.54) is 12.7 Å². The van der Waals surface area contributed by atoms with E-state index in [0.29, 0.717) is 15.8 Å². The minimum atomic E-state index is -0.501. The maximum atomic E-state index is 11.9. The van der Waals surface area contributed by atoms with Crippen LogP contribution in [-0.4, -0.2) is 18.2 Å². The Balaban J connectivity index is 1.83. The molecule has 0 amide bonds. The Hall–Kier alpha value is -2.89. The number of nitrogens with one attached hydrogen (secondary N) is 2. The number of rotatable bonds is 5. The molecule has 0 bridgehead atoms. The number of methoxy groups -OCH3 is 1. The summed E-state index contributed by atoms with van der Waals surface area (Å²) in [7, 11) is 1.32. The second-order valence-corrected chi connectivity index (χ2v) is 7.36. The van der Waals surface area contributed by atoms with E-state index in [9.17, 15) is 4.79 Å². The van der Waals surface area contributed by atoms with Gasteiger partial charge in [-0.05, 0) is 48.5 Å². The van der Waals surface area contributed by atoms with Gasteiger partial charge in [0.1, 0.15) is 0 Å². The number of esters is 1. The van der Waals surface area contributed by atoms with Crippen molar-refractivity contribution >= 4 is 40.6 Å². The van der Waals surface area contributed by atoms with Gasteiger partial charge in [-0.2, -0.15) is 0 Å². The van der Waals surface area contributed by atoms with E-state index in [2.05, 4.69) is 47.9 Å². The van der Waals surface area contributed by atoms with Crippen LogP contribution >= 0.6 is 23.8 Å². The third-order valence-electron chi connectivity index (χ3n) is 4.41. The largest absolute Gasteiger partial charge is 0.465 e. The standard InChI is InChI=1S/C23H21ClN2O2S/c1-15-7-6-10-17(13-15)21(16-8-4-3-5-9-16)26-23(29)25-18-11-12-20(24)19(14-18)22(27)28-2/h3-14,21H,1-2H3,(H2,25,26,29). The van der Waals surface area contributed by atoms with E-state index < -0.39 is 5.97 Å². The number of carbonyl (C=O) groups is 1. The third kappa shape index (κ3) is 5.34. The summed E-state index contributed by atoms with van der Waals surface area (Å²) in [6.45, 7) is 2.06. The lowest BCUT2D eigenvalue weighted by Gasteiger charge is -2.22. The molecule has 0 aliphatic heterocycles. The molecule has 3 rings (SSSR count). The van der Waals surface area contributed by atoms with Crippen LogP contribution in [0.1, 0.15) is 33.1 Å². The molecule has 1 unspecified atom stereocenters. The summed E-state index contributed by atoms with van der Waals surface area (Å²) in [4.78, 5) is 11.9. The van der Waals surface area contributed by atoms with Gasteiger partial charge < -0.3 is 15.4 Å². The van der Waals surface area contributed by atoms with Gasteiger partial charge in [-0.25, -0.2) is 4.79 Å². The fraction of sp³-hybridized carbons (Fsp3) is 0.130. The SMILES string of the molecule is COC(=O)c1cc(NC(=S)NC(c2ccccc2)c2cccc(C)c2)ccc1Cl. The van der Waals surface area contributed by atoms with Crippen molar-refractivity contribution in [3.05, 3.63) is 100 Å². The van der Waals surface area contributed by atoms with Crippen molar-refractivity contribution in [2.24, 2.45) is 0 Å². The van der Waals surface area contributed by atoms with Crippen molar-refractivity contribution in [2.45, 2.75) is 13.0 Å². The van der Waals surface area contributed by atoms with Gasteiger partial charge in [-0.15, -0.1) is 0 Å². The molecule has 0 fully saturated rings. The van der Waals surface area contributed by atoms with Crippen molar-refractivity contribution in [2.75, 3.05) is 12.4 Å². The first-order valence-electron chi connectivity index (χ1n) is 9.05. The lowest BCUT2D eigenvalue weighted by atomic mass is 9.97. The number of anilines is 1. The first-order chi connectivity index (χ1) is 14.0. The van der Waals surface area contributed by atoms with Crippen molar-refractivity contribution < 1.29 is 9.53 Å². The molecular weight excluding hydrogens is 404 g/mol. The quantitative estimate of drug-likeness (QED) is 0.417. The highest BCUT2D eigenvalue weighted by molar-refractivity contribution is 7.80. The van der Waals surface area contributed by atoms with Crippen LogP contribution in [0.4, 0.5) is 5.69 Å². The Labute approximate surface area is 180 Å². The predicted molar refractivity (Wildman–Crippen MR) is 122 cm³/mol. The van der Waals surface area contributed by atoms with Crippen LogP contribution in [0, 0.1) is 6.92 Å². The number of carbonyl (C=O) groups excluding carboxylic acids is 1. The highest BCUT2D eigenvalue weighted by atomic mass is 35.5. The Bertz CT molecular complexity index is 1020. The number of hydrogen-bond donors (Lipinski definition) is 2. The van der Waals surface area contributed by atoms with Crippen LogP contribution in [0.2, 0.25) is 5.02 Å². The number of hydrogen-bond acceptors (Lipinski definition) is 3. The molecule has 0 aliphatic carbocycles. The van der Waals surface area contributed by atoms with Gasteiger partial charge in [-0.1, -0.05) is 71.8 Å². The zero-order valence-corrected chi connectivity index (χ0v) is 17.7. The van der Waals surface area contributed by atoms with E-state index in [4.69, 9.17) is 28.6 Å². The summed E-state index contributed by atoms with van der Waals surface area (Å²) in [5, 5.41) is 7.25. The Morgan fingerprint density at radius 3 is 2.41 bits per heavy atom. The number of thiocarbonyl (C=S) groups is 1. The fourth-order valence-corrected chi connectivity index (χ4v) is 3.45. The molecule has 6 heteroatoms. The zero-order chi connectivity index (χ0) is 20.8. The molecule has 148 valence electrons. The normalized spacial score (nSPS) is 11.4. The minimum absolute atomic E-state index is 0.122. The van der Waals surface area contributed by atoms with Crippen molar-refractivity contribution in [3.63, 3.8) is 0 Å². The van der Waals surface area contributed by atoms with E-state index in [0.717, 1.165) is 11.1 Å². The number of ether oxygens (including phenoxy) is 1. The number of benzene rings is 3. The molecule has 0 heterocycles. The van der Waals surface area contributed by atoms with E-state index >= 15 is 0 Å². The second-order valence-electron chi connectivity index (χ2n) is 6.54. The molecule has 2 N–H and O–H groups in total. The molecule has 0 saturated carbocycles. The number of halogens is 1. The van der Waals surface area contributed by atoms with Crippen LogP contribution in [0.3, 0.4) is 0 Å². The molecule has 0 radical (unpaired) electrons. The molecule has 0 aliphatic rings. The van der Waals surface area contributed by atoms with Gasteiger partial charge in [0.15, 0.2) is 5.11 Å². The van der Waals surface area contributed by atoms with E-state index in [1.807, 2.05) is 24.3 Å². The molecule has 4 nitrogen and oxygen atoms in total. The average molecular weight is 425 g/mol. The van der Waals surface area contributed by atoms with Crippen LogP contribution in [0.15, 0.2) is 72.8 Å². The predicted octanol–water partition coefficient (Wildman–Crippen LogP) is 5.51. The summed E-state index contributed by atoms with van der Waals surface area (Å²) in [5.41, 5.74) is 4.29. The molecule has 3 aromatic rings. The van der Waals surface area contributed by atoms with Gasteiger partial charge in [0.2, 0.25) is 0 Å². The van der Waals surface area contributed by atoms with E-state index in [1.54, 1.807) is 18.2 Å². The van der Waals surface area contributed by atoms with Crippen molar-refractivity contribution in [3.8, 4) is 0 Å². The minimum Gasteiger partial charge on any atom is -0.465 e. The molecule has 0 saturated heterocycles. The van der Waals surface area contributed by atoms with E-state index in [-0.39, 0.29) is 11.6 Å². The highest BCUT2D eigenvalue weighted by Crippen LogP contribution is 2.24. The lowest BCUT2D eigenvalue weighted by molar-refractivity contribution is 0.0601. The van der Waals surface area contributed by atoms with Crippen molar-refractivity contribution in [1.82, 2.24) is 5.32 Å². The number of aryl methyl sites for hydroxylation is 1. The van der Waals surface area contributed by atoms with Crippen LogP contribution in [0.25, 0.3) is 0 Å². The molecule has 29 heavy (non-hydrogen) atoms. The third-order valence-corrected chi connectivity index (χ3v) is 4.96. The van der Waals surface area contributed by atoms with Crippen LogP contribution in [0.5, 0.6) is 0 Å². The van der Waals surface area contributed by atoms with Gasteiger partial charge in [0, 0.05) is 5.69 Å². The summed E-state index contributed by atoms with van der Waals surface area (Å²) in [5.74, 6) is -0.501. The molecule has 0 aromatic heterocycles. The molecule has 3 aromatic carbocycles. The lowest BCUT2D eigenvalue weighted by Crippen LogP contribution is -2.33. The van der Waals surface area contributed by atoms with Gasteiger partial charge in [0.05, 0.1) is 23.7 Å². The maximum Gasteiger partial charge on any atom is 0.339 e. The summed E-state index contributed by atoms with van der Waals surface area (Å²) in [6, 6.07) is 23.3. The second kappa shape index (κ2) is 9.54. The van der Waals surface area contributed by atoms with Gasteiger partial charge >= 0.3 is 5.97 Å². The van der Waals surface area contributed by atoms with Crippen LogP contribution < -0.4 is 10.6 Å². The first-order valence-corrected chi connectivity index (χ1v) is 9.83. The molecule has 1 atom stereocenters. The topological polar surface area (TPSA) is 50.4 Å². The van der Waals surface area contributed by atoms with Crippen LogP contribution in [-0.2, 0) is 4.74 Å². The van der Waals surface area contributed by atoms with Crippen molar-refractivity contribution in [1.29, 1.82) is 0 Å². The Morgan fingerprint density at radius 1 is 1.00 bits per heavy atom. The Morgan fingerprint density at radius 2 is 1.72 bits per heavy atom. The Kier molecular flexibility index (Phi) is 6.86. The molecular formula is C23H21ClN2O2S. The maximum absolute atomic E-state index is 11.9. The monoisotopic (exact) mass is 424 g/mol. The average Bonchev–Trinajstić information content (AvgIpc) is 2.73. The highest BCUT2D eigenvalue weighted by Gasteiger charge is 2.16. The van der Waals surface area contributed by atoms with Gasteiger partial charge in [0.25, 0.3) is 0 Å². The smallest absolute Gasteiger partial charge is 0.339 e. The zero-order valence-electron chi connectivity index (χ0n) is 16.1. The van der Waals surface area contributed by atoms with Gasteiger partial charge in [-0.3, -0.25) is 0 Å². The molecule has 0 spiro atoms. The summed E-state index contributed by atoms with van der Waals surface area (Å²) >= 11 is 11.6. The fourth-order valence-electron chi connectivity index (χ4n) is 3.02.